The Labute approximate surface area is 204 Å². The lowest BCUT2D eigenvalue weighted by Gasteiger charge is -2.20. The van der Waals surface area contributed by atoms with Crippen LogP contribution in [0.4, 0.5) is 0 Å². The van der Waals surface area contributed by atoms with Gasteiger partial charge in [-0.1, -0.05) is 103 Å². The molecule has 0 aliphatic heterocycles. The monoisotopic (exact) mass is 463 g/mol. The summed E-state index contributed by atoms with van der Waals surface area (Å²) in [5.41, 5.74) is 11.9. The van der Waals surface area contributed by atoms with Gasteiger partial charge in [-0.3, -0.25) is 4.79 Å². The molecule has 4 aromatic carbocycles. The third-order valence-electron chi connectivity index (χ3n) is 6.10. The van der Waals surface area contributed by atoms with Gasteiger partial charge in [0.2, 0.25) is 0 Å². The van der Waals surface area contributed by atoms with E-state index in [4.69, 9.17) is 17.3 Å². The average Bonchev–Trinajstić information content (AvgIpc) is 3.29. The van der Waals surface area contributed by atoms with Crippen molar-refractivity contribution >= 4 is 28.3 Å². The Bertz CT molecular complexity index is 1390. The number of aromatic amines is 1. The molecule has 1 radical (unpaired) electrons. The molecular formula is C30H24ClN2O. The molecular weight excluding hydrogens is 440 g/mol. The molecule has 0 saturated carbocycles. The average molecular weight is 464 g/mol. The van der Waals surface area contributed by atoms with Crippen LogP contribution in [0.1, 0.15) is 32.6 Å². The van der Waals surface area contributed by atoms with Gasteiger partial charge in [0.05, 0.1) is 12.0 Å². The SMILES string of the molecule is N[C@@H](Cc1c[nH]c2ccccc12)C(=O)c1ccc([C](c2ccccc2)c2ccccc2)c(Cl)c1. The van der Waals surface area contributed by atoms with Gasteiger partial charge in [-0.05, 0) is 40.8 Å². The Morgan fingerprint density at radius 1 is 0.794 bits per heavy atom. The van der Waals surface area contributed by atoms with Crippen molar-refractivity contribution < 1.29 is 4.79 Å². The number of aromatic nitrogens is 1. The fourth-order valence-electron chi connectivity index (χ4n) is 4.40. The van der Waals surface area contributed by atoms with E-state index >= 15 is 0 Å². The van der Waals surface area contributed by atoms with Gasteiger partial charge in [0.25, 0.3) is 0 Å². The van der Waals surface area contributed by atoms with Crippen LogP contribution in [-0.2, 0) is 6.42 Å². The fourth-order valence-corrected chi connectivity index (χ4v) is 4.68. The van der Waals surface area contributed by atoms with Gasteiger partial charge in [-0.15, -0.1) is 0 Å². The summed E-state index contributed by atoms with van der Waals surface area (Å²) < 4.78 is 0. The highest BCUT2D eigenvalue weighted by Crippen LogP contribution is 2.35. The number of hydrogen-bond acceptors (Lipinski definition) is 2. The fraction of sp³-hybridized carbons (Fsp3) is 0.0667. The minimum absolute atomic E-state index is 0.125. The number of rotatable bonds is 7. The summed E-state index contributed by atoms with van der Waals surface area (Å²) in [4.78, 5) is 16.4. The molecule has 5 rings (SSSR count). The van der Waals surface area contributed by atoms with Crippen molar-refractivity contribution in [3.8, 4) is 0 Å². The summed E-state index contributed by atoms with van der Waals surface area (Å²) >= 11 is 6.77. The number of nitrogens with two attached hydrogens (primary N) is 1. The maximum atomic E-state index is 13.2. The Hall–Kier alpha value is -3.66. The summed E-state index contributed by atoms with van der Waals surface area (Å²) in [6.45, 7) is 0. The molecule has 3 N–H and O–H groups in total. The van der Waals surface area contributed by atoms with Crippen LogP contribution in [-0.4, -0.2) is 16.8 Å². The minimum Gasteiger partial charge on any atom is -0.361 e. The first-order valence-corrected chi connectivity index (χ1v) is 11.6. The van der Waals surface area contributed by atoms with Crippen molar-refractivity contribution in [1.29, 1.82) is 0 Å². The molecule has 0 aliphatic carbocycles. The van der Waals surface area contributed by atoms with Crippen molar-refractivity contribution in [1.82, 2.24) is 4.98 Å². The normalized spacial score (nSPS) is 12.2. The highest BCUT2D eigenvalue weighted by molar-refractivity contribution is 6.32. The zero-order chi connectivity index (χ0) is 23.5. The molecule has 0 unspecified atom stereocenters. The topological polar surface area (TPSA) is 58.9 Å². The number of ketones is 1. The molecule has 34 heavy (non-hydrogen) atoms. The Morgan fingerprint density at radius 2 is 1.41 bits per heavy atom. The molecule has 0 saturated heterocycles. The summed E-state index contributed by atoms with van der Waals surface area (Å²) in [6.07, 6.45) is 2.38. The molecule has 1 heterocycles. The molecule has 5 aromatic rings. The predicted octanol–water partition coefficient (Wildman–Crippen LogP) is 6.59. The van der Waals surface area contributed by atoms with Crippen molar-refractivity contribution in [3.05, 3.63) is 148 Å². The standard InChI is InChI=1S/C30H24ClN2O/c31-26-17-22(30(34)27(32)18-23-19-33-28-14-8-7-13-24(23)28)15-16-25(26)29(20-9-3-1-4-10-20)21-11-5-2-6-12-21/h1-17,19,27,33H,18,32H2/t27-/m0/s1. The minimum atomic E-state index is -0.659. The molecule has 0 fully saturated rings. The number of benzene rings is 4. The van der Waals surface area contributed by atoms with Crippen LogP contribution in [0.25, 0.3) is 10.9 Å². The van der Waals surface area contributed by atoms with Crippen LogP contribution in [0, 0.1) is 5.92 Å². The van der Waals surface area contributed by atoms with Gasteiger partial charge in [-0.2, -0.15) is 0 Å². The Kier molecular flexibility index (Phi) is 6.31. The lowest BCUT2D eigenvalue weighted by Crippen LogP contribution is -2.32. The predicted molar refractivity (Wildman–Crippen MR) is 139 cm³/mol. The number of fused-ring (bicyclic) bond motifs is 1. The first-order chi connectivity index (χ1) is 16.6. The summed E-state index contributed by atoms with van der Waals surface area (Å²) in [5, 5.41) is 1.61. The number of halogens is 1. The van der Waals surface area contributed by atoms with E-state index in [9.17, 15) is 4.79 Å². The number of H-pyrrole nitrogens is 1. The first kappa shape index (κ1) is 22.1. The summed E-state index contributed by atoms with van der Waals surface area (Å²) in [7, 11) is 0. The van der Waals surface area contributed by atoms with E-state index in [1.165, 1.54) is 0 Å². The van der Waals surface area contributed by atoms with E-state index in [0.717, 1.165) is 39.1 Å². The van der Waals surface area contributed by atoms with Crippen molar-refractivity contribution in [2.24, 2.45) is 5.73 Å². The number of nitrogens with one attached hydrogen (secondary N) is 1. The second-order valence-electron chi connectivity index (χ2n) is 8.34. The van der Waals surface area contributed by atoms with Crippen LogP contribution in [0.2, 0.25) is 5.02 Å². The van der Waals surface area contributed by atoms with E-state index in [1.807, 2.05) is 79.0 Å². The molecule has 0 aliphatic rings. The van der Waals surface area contributed by atoms with E-state index in [2.05, 4.69) is 29.2 Å². The van der Waals surface area contributed by atoms with E-state index in [0.29, 0.717) is 17.0 Å². The van der Waals surface area contributed by atoms with E-state index in [-0.39, 0.29) is 5.78 Å². The van der Waals surface area contributed by atoms with Crippen LogP contribution in [0.15, 0.2) is 109 Å². The molecule has 0 amide bonds. The molecule has 1 atom stereocenters. The van der Waals surface area contributed by atoms with Crippen LogP contribution in [0.5, 0.6) is 0 Å². The Balaban J connectivity index is 1.43. The van der Waals surface area contributed by atoms with Gasteiger partial charge in [-0.25, -0.2) is 0 Å². The van der Waals surface area contributed by atoms with Gasteiger partial charge < -0.3 is 10.7 Å². The third kappa shape index (κ3) is 4.41. The maximum Gasteiger partial charge on any atom is 0.179 e. The molecule has 0 bridgehead atoms. The summed E-state index contributed by atoms with van der Waals surface area (Å²) in [5.74, 6) is 0.896. The van der Waals surface area contributed by atoms with Crippen LogP contribution in [0.3, 0.4) is 0 Å². The molecule has 167 valence electrons. The van der Waals surface area contributed by atoms with Crippen LogP contribution < -0.4 is 5.73 Å². The number of Topliss-reactive ketones (excluding diaryl/α,β-unsaturated/α-hetero) is 1. The van der Waals surface area contributed by atoms with Gasteiger partial charge in [0.15, 0.2) is 5.78 Å². The van der Waals surface area contributed by atoms with Gasteiger partial charge >= 0.3 is 0 Å². The second-order valence-corrected chi connectivity index (χ2v) is 8.74. The maximum absolute atomic E-state index is 13.2. The van der Waals surface area contributed by atoms with Crippen molar-refractivity contribution in [2.45, 2.75) is 12.5 Å². The summed E-state index contributed by atoms with van der Waals surface area (Å²) in [6, 6.07) is 33.1. The van der Waals surface area contributed by atoms with E-state index in [1.54, 1.807) is 6.07 Å². The lowest BCUT2D eigenvalue weighted by molar-refractivity contribution is 0.0961. The number of carbonyl (C=O) groups excluding carboxylic acids is 1. The highest BCUT2D eigenvalue weighted by atomic mass is 35.5. The van der Waals surface area contributed by atoms with Crippen molar-refractivity contribution in [2.75, 3.05) is 0 Å². The van der Waals surface area contributed by atoms with Gasteiger partial charge in [0, 0.05) is 27.7 Å². The first-order valence-electron chi connectivity index (χ1n) is 11.2. The van der Waals surface area contributed by atoms with Crippen LogP contribution >= 0.6 is 11.6 Å². The number of hydrogen-bond donors (Lipinski definition) is 2. The highest BCUT2D eigenvalue weighted by Gasteiger charge is 2.23. The molecule has 4 heteroatoms. The zero-order valence-electron chi connectivity index (χ0n) is 18.5. The smallest absolute Gasteiger partial charge is 0.179 e. The Morgan fingerprint density at radius 3 is 2.06 bits per heavy atom. The largest absolute Gasteiger partial charge is 0.361 e. The second kappa shape index (κ2) is 9.68. The quantitative estimate of drug-likeness (QED) is 0.211. The number of para-hydroxylation sites is 1. The van der Waals surface area contributed by atoms with Crippen molar-refractivity contribution in [3.63, 3.8) is 0 Å². The lowest BCUT2D eigenvalue weighted by atomic mass is 9.84. The molecule has 1 aromatic heterocycles. The van der Waals surface area contributed by atoms with E-state index < -0.39 is 6.04 Å². The van der Waals surface area contributed by atoms with Gasteiger partial charge in [0.1, 0.15) is 0 Å². The molecule has 0 spiro atoms. The zero-order valence-corrected chi connectivity index (χ0v) is 19.3. The molecule has 3 nitrogen and oxygen atoms in total. The third-order valence-corrected chi connectivity index (χ3v) is 6.41. The number of carbonyl (C=O) groups is 1.